The number of rotatable bonds is 8. The summed E-state index contributed by atoms with van der Waals surface area (Å²) in [5.74, 6) is -1.97. The molecule has 11 heteroatoms. The SMILES string of the molecule is CCC(=O)OCC1(C)[C@@H](OC(=O)CC)CC[C@]2(C)[C@H]3[C@@H](O)c4c(cc(-c5cccnc5)oc4=O)O[C@]3(C)[C@@H](OC(=O)C3CC3)C[C@@H]12. The Labute approximate surface area is 268 Å². The quantitative estimate of drug-likeness (QED) is 0.310. The molecule has 1 aliphatic heterocycles. The van der Waals surface area contributed by atoms with Gasteiger partial charge in [0.15, 0.2) is 0 Å². The third kappa shape index (κ3) is 5.30. The zero-order valence-corrected chi connectivity index (χ0v) is 27.1. The summed E-state index contributed by atoms with van der Waals surface area (Å²) in [5.41, 5.74) is -3.03. The molecule has 0 bridgehead atoms. The minimum atomic E-state index is -1.33. The highest BCUT2D eigenvalue weighted by Crippen LogP contribution is 2.67. The Morgan fingerprint density at radius 1 is 1.04 bits per heavy atom. The van der Waals surface area contributed by atoms with Gasteiger partial charge >= 0.3 is 23.5 Å². The first kappa shape index (κ1) is 32.2. The van der Waals surface area contributed by atoms with Crippen molar-refractivity contribution < 1.29 is 42.9 Å². The van der Waals surface area contributed by atoms with Crippen LogP contribution in [-0.4, -0.2) is 52.4 Å². The molecule has 2 aromatic heterocycles. The molecular formula is C35H43NO10. The molecule has 0 amide bonds. The summed E-state index contributed by atoms with van der Waals surface area (Å²) in [5, 5.41) is 12.3. The second-order valence-corrected chi connectivity index (χ2v) is 14.0. The minimum Gasteiger partial charge on any atom is -0.482 e. The fourth-order valence-corrected chi connectivity index (χ4v) is 8.52. The maximum atomic E-state index is 13.6. The van der Waals surface area contributed by atoms with Crippen LogP contribution in [0.3, 0.4) is 0 Å². The molecule has 8 atom stereocenters. The smallest absolute Gasteiger partial charge is 0.345 e. The van der Waals surface area contributed by atoms with Crippen molar-refractivity contribution in [1.29, 1.82) is 0 Å². The molecule has 2 aromatic rings. The van der Waals surface area contributed by atoms with Crippen LogP contribution in [0.15, 0.2) is 39.8 Å². The van der Waals surface area contributed by atoms with Gasteiger partial charge < -0.3 is 28.5 Å². The zero-order valence-electron chi connectivity index (χ0n) is 27.1. The van der Waals surface area contributed by atoms with Gasteiger partial charge in [-0.05, 0) is 62.5 Å². The van der Waals surface area contributed by atoms with Gasteiger partial charge in [0.05, 0.1) is 12.0 Å². The van der Waals surface area contributed by atoms with E-state index in [4.69, 9.17) is 23.4 Å². The summed E-state index contributed by atoms with van der Waals surface area (Å²) in [6.07, 6.45) is 3.53. The Bertz CT molecular complexity index is 1570. The van der Waals surface area contributed by atoms with Crippen LogP contribution >= 0.6 is 0 Å². The second kappa shape index (κ2) is 11.8. The summed E-state index contributed by atoms with van der Waals surface area (Å²) in [6, 6.07) is 5.06. The van der Waals surface area contributed by atoms with E-state index in [0.29, 0.717) is 24.8 Å². The van der Waals surface area contributed by atoms with Crippen molar-refractivity contribution in [3.63, 3.8) is 0 Å². The van der Waals surface area contributed by atoms with Crippen molar-refractivity contribution in [2.75, 3.05) is 6.61 Å². The van der Waals surface area contributed by atoms with E-state index in [1.807, 2.05) is 20.8 Å². The first-order valence-corrected chi connectivity index (χ1v) is 16.4. The summed E-state index contributed by atoms with van der Waals surface area (Å²) in [4.78, 5) is 56.0. The van der Waals surface area contributed by atoms with Crippen LogP contribution in [0.25, 0.3) is 11.3 Å². The van der Waals surface area contributed by atoms with E-state index in [-0.39, 0.29) is 66.3 Å². The lowest BCUT2D eigenvalue weighted by atomic mass is 9.42. The first-order chi connectivity index (χ1) is 21.9. The molecule has 0 aromatic carbocycles. The number of fused-ring (bicyclic) bond motifs is 4. The predicted molar refractivity (Wildman–Crippen MR) is 163 cm³/mol. The van der Waals surface area contributed by atoms with Crippen molar-refractivity contribution in [3.8, 4) is 17.1 Å². The summed E-state index contributed by atoms with van der Waals surface area (Å²) in [6.45, 7) is 9.22. The molecule has 248 valence electrons. The van der Waals surface area contributed by atoms with Crippen LogP contribution in [0.5, 0.6) is 5.75 Å². The highest BCUT2D eigenvalue weighted by atomic mass is 16.6. The van der Waals surface area contributed by atoms with Gasteiger partial charge in [0.25, 0.3) is 0 Å². The Balaban J connectivity index is 1.48. The first-order valence-electron chi connectivity index (χ1n) is 16.4. The number of esters is 3. The van der Waals surface area contributed by atoms with Crippen LogP contribution in [0.1, 0.15) is 91.2 Å². The van der Waals surface area contributed by atoms with Gasteiger partial charge in [-0.15, -0.1) is 0 Å². The number of aromatic nitrogens is 1. The van der Waals surface area contributed by atoms with Crippen LogP contribution < -0.4 is 10.4 Å². The number of pyridine rings is 1. The third-order valence-corrected chi connectivity index (χ3v) is 11.1. The maximum absolute atomic E-state index is 13.6. The fraction of sp³-hybridized carbons (Fsp3) is 0.629. The lowest BCUT2D eigenvalue weighted by molar-refractivity contribution is -0.271. The number of ether oxygens (including phenoxy) is 4. The van der Waals surface area contributed by atoms with Gasteiger partial charge in [0.1, 0.15) is 41.5 Å². The van der Waals surface area contributed by atoms with E-state index in [0.717, 1.165) is 12.8 Å². The lowest BCUT2D eigenvalue weighted by Gasteiger charge is -2.66. The van der Waals surface area contributed by atoms with E-state index >= 15 is 0 Å². The molecule has 3 heterocycles. The van der Waals surface area contributed by atoms with Crippen LogP contribution in [0.4, 0.5) is 0 Å². The number of aliphatic hydroxyl groups is 1. The molecule has 3 aliphatic carbocycles. The highest BCUT2D eigenvalue weighted by Gasteiger charge is 2.71. The van der Waals surface area contributed by atoms with Gasteiger partial charge in [-0.25, -0.2) is 4.79 Å². The Kier molecular flexibility index (Phi) is 8.27. The number of nitrogens with zero attached hydrogens (tertiary/aromatic N) is 1. The van der Waals surface area contributed by atoms with Gasteiger partial charge in [0, 0.05) is 48.2 Å². The Morgan fingerprint density at radius 2 is 1.78 bits per heavy atom. The molecule has 6 rings (SSSR count). The van der Waals surface area contributed by atoms with E-state index in [2.05, 4.69) is 4.98 Å². The highest BCUT2D eigenvalue weighted by molar-refractivity contribution is 5.75. The topological polar surface area (TPSA) is 151 Å². The van der Waals surface area contributed by atoms with Crippen molar-refractivity contribution in [1.82, 2.24) is 4.98 Å². The number of carbonyl (C=O) groups is 3. The fourth-order valence-electron chi connectivity index (χ4n) is 8.52. The summed E-state index contributed by atoms with van der Waals surface area (Å²) < 4.78 is 30.5. The van der Waals surface area contributed by atoms with E-state index in [1.54, 1.807) is 44.4 Å². The molecule has 11 nitrogen and oxygen atoms in total. The second-order valence-electron chi connectivity index (χ2n) is 14.0. The van der Waals surface area contributed by atoms with Crippen molar-refractivity contribution in [2.24, 2.45) is 28.6 Å². The number of aliphatic hydroxyl groups excluding tert-OH is 1. The van der Waals surface area contributed by atoms with E-state index in [1.165, 1.54) is 0 Å². The molecular weight excluding hydrogens is 594 g/mol. The van der Waals surface area contributed by atoms with Gasteiger partial charge in [-0.2, -0.15) is 0 Å². The van der Waals surface area contributed by atoms with E-state index < -0.39 is 46.3 Å². The number of hydrogen-bond donors (Lipinski definition) is 1. The number of hydrogen-bond acceptors (Lipinski definition) is 11. The Hall–Kier alpha value is -3.73. The van der Waals surface area contributed by atoms with E-state index in [9.17, 15) is 24.3 Å². The molecule has 3 saturated carbocycles. The van der Waals surface area contributed by atoms with Crippen molar-refractivity contribution >= 4 is 17.9 Å². The molecule has 3 fully saturated rings. The van der Waals surface area contributed by atoms with Crippen LogP contribution in [0, 0.1) is 28.6 Å². The normalized spacial score (nSPS) is 34.6. The van der Waals surface area contributed by atoms with Gasteiger partial charge in [0.2, 0.25) is 0 Å². The Morgan fingerprint density at radius 3 is 2.43 bits per heavy atom. The van der Waals surface area contributed by atoms with Crippen LogP contribution in [0.2, 0.25) is 0 Å². The zero-order chi connectivity index (χ0) is 33.0. The average molecular weight is 638 g/mol. The molecule has 46 heavy (non-hydrogen) atoms. The molecule has 1 unspecified atom stereocenters. The summed E-state index contributed by atoms with van der Waals surface area (Å²) >= 11 is 0. The van der Waals surface area contributed by atoms with Crippen LogP contribution in [-0.2, 0) is 28.6 Å². The minimum absolute atomic E-state index is 0.00269. The number of carbonyl (C=O) groups excluding carboxylic acids is 3. The predicted octanol–water partition coefficient (Wildman–Crippen LogP) is 4.93. The van der Waals surface area contributed by atoms with Gasteiger partial charge in [-0.3, -0.25) is 19.4 Å². The average Bonchev–Trinajstić information content (AvgIpc) is 3.88. The summed E-state index contributed by atoms with van der Waals surface area (Å²) in [7, 11) is 0. The lowest BCUT2D eigenvalue weighted by Crippen LogP contribution is -2.71. The molecule has 4 aliphatic rings. The maximum Gasteiger partial charge on any atom is 0.345 e. The molecule has 0 spiro atoms. The molecule has 0 saturated heterocycles. The third-order valence-electron chi connectivity index (χ3n) is 11.1. The standard InChI is InChI=1S/C35H43NO10/c1-6-26(37)42-18-34(4)23-16-25(45-31(40)19-10-11-19)35(5)30(33(23,3)13-12-24(34)44-27(38)7-2)29(39)28-22(46-35)15-21(43-32(28)41)20-9-8-14-36-17-20/h8-9,14-15,17,19,23-25,29-30,39H,6-7,10-13,16,18H2,1-5H3/t23-,24+,25+,29+,30-,33+,34?,35-/m1/s1. The molecule has 1 N–H and O–H groups in total. The van der Waals surface area contributed by atoms with Gasteiger partial charge in [-0.1, -0.05) is 27.7 Å². The van der Waals surface area contributed by atoms with Crippen molar-refractivity contribution in [3.05, 3.63) is 46.6 Å². The molecule has 0 radical (unpaired) electrons. The largest absolute Gasteiger partial charge is 0.482 e. The monoisotopic (exact) mass is 637 g/mol. The van der Waals surface area contributed by atoms with Crippen molar-refractivity contribution in [2.45, 2.75) is 103 Å².